The fourth-order valence-electron chi connectivity index (χ4n) is 5.11. The molecule has 1 aliphatic heterocycles. The molecule has 0 aliphatic carbocycles. The molecule has 1 aliphatic rings. The Bertz CT molecular complexity index is 1650. The van der Waals surface area contributed by atoms with Gasteiger partial charge >= 0.3 is 0 Å². The second-order valence-corrected chi connectivity index (χ2v) is 12.7. The number of hydrogen-bond donors (Lipinski definition) is 2. The highest BCUT2D eigenvalue weighted by Gasteiger charge is 2.23. The van der Waals surface area contributed by atoms with Crippen molar-refractivity contribution in [1.29, 1.82) is 0 Å². The predicted molar refractivity (Wildman–Crippen MR) is 164 cm³/mol. The highest BCUT2D eigenvalue weighted by atomic mass is 35.5. The normalized spacial score (nSPS) is 14.8. The Morgan fingerprint density at radius 2 is 1.73 bits per heavy atom. The summed E-state index contributed by atoms with van der Waals surface area (Å²) in [5.74, 6) is 1.04. The molecule has 0 atom stereocenters. The summed E-state index contributed by atoms with van der Waals surface area (Å²) in [6.07, 6.45) is 2.03. The van der Waals surface area contributed by atoms with E-state index in [2.05, 4.69) is 40.5 Å². The molecule has 1 fully saturated rings. The van der Waals surface area contributed by atoms with Gasteiger partial charge in [0.25, 0.3) is 10.0 Å². The molecule has 10 heteroatoms. The first-order valence-corrected chi connectivity index (χ1v) is 15.5. The Hall–Kier alpha value is -3.66. The molecular formula is C31H34ClN5O3S. The molecule has 0 amide bonds. The van der Waals surface area contributed by atoms with Gasteiger partial charge in [0, 0.05) is 17.3 Å². The van der Waals surface area contributed by atoms with E-state index in [1.54, 1.807) is 24.3 Å². The maximum atomic E-state index is 13.2. The Morgan fingerprint density at radius 3 is 2.46 bits per heavy atom. The monoisotopic (exact) mass is 591 g/mol. The molecule has 214 valence electrons. The van der Waals surface area contributed by atoms with Crippen LogP contribution in [0.15, 0.2) is 77.7 Å². The van der Waals surface area contributed by atoms with Crippen LogP contribution in [-0.4, -0.2) is 43.4 Å². The molecule has 3 aromatic carbocycles. The van der Waals surface area contributed by atoms with Gasteiger partial charge < -0.3 is 15.4 Å². The molecule has 41 heavy (non-hydrogen) atoms. The number of sulfonamides is 1. The van der Waals surface area contributed by atoms with Gasteiger partial charge in [-0.25, -0.2) is 18.1 Å². The van der Waals surface area contributed by atoms with Crippen molar-refractivity contribution in [3.05, 3.63) is 88.9 Å². The molecule has 1 aromatic heterocycles. The topological polar surface area (TPSA) is 110 Å². The maximum Gasteiger partial charge on any atom is 0.264 e. The Kier molecular flexibility index (Phi) is 8.49. The molecule has 5 rings (SSSR count). The van der Waals surface area contributed by atoms with Gasteiger partial charge in [0.05, 0.1) is 15.6 Å². The van der Waals surface area contributed by atoms with Crippen LogP contribution < -0.4 is 15.2 Å². The van der Waals surface area contributed by atoms with Crippen LogP contribution in [0.25, 0.3) is 11.3 Å². The molecule has 2 heterocycles. The lowest BCUT2D eigenvalue weighted by molar-refractivity contribution is 0.255. The standard InChI is InChI=1S/C31H34ClN5O3S/c1-20(2)24-10-4-5-11-26(24)27-19-29(35-31(34-27)36-41(38,39)23-9-6-8-22(33)18-23)40-28-13-7-12-25(30(28)32)21-14-16-37(3)17-15-21/h4-13,18-21H,14-17,33H2,1-3H3,(H,34,35,36). The first-order chi connectivity index (χ1) is 19.6. The number of nitrogens with one attached hydrogen (secondary N) is 1. The summed E-state index contributed by atoms with van der Waals surface area (Å²) in [4.78, 5) is 11.3. The first-order valence-electron chi connectivity index (χ1n) is 13.6. The van der Waals surface area contributed by atoms with Crippen LogP contribution in [0.3, 0.4) is 0 Å². The van der Waals surface area contributed by atoms with E-state index in [0.29, 0.717) is 28.1 Å². The van der Waals surface area contributed by atoms with E-state index < -0.39 is 10.0 Å². The molecule has 0 bridgehead atoms. The number of rotatable bonds is 8. The van der Waals surface area contributed by atoms with Gasteiger partial charge in [-0.2, -0.15) is 4.98 Å². The highest BCUT2D eigenvalue weighted by Crippen LogP contribution is 2.40. The SMILES string of the molecule is CC(C)c1ccccc1-c1cc(Oc2cccc(C3CCN(C)CC3)c2Cl)nc(NS(=O)(=O)c2cccc(N)c2)n1. The number of likely N-dealkylation sites (tertiary alicyclic amines) is 1. The number of ether oxygens (including phenoxy) is 1. The molecule has 8 nitrogen and oxygen atoms in total. The van der Waals surface area contributed by atoms with Crippen LogP contribution in [0.1, 0.15) is 49.7 Å². The van der Waals surface area contributed by atoms with E-state index in [4.69, 9.17) is 22.1 Å². The van der Waals surface area contributed by atoms with E-state index in [-0.39, 0.29) is 22.6 Å². The lowest BCUT2D eigenvalue weighted by atomic mass is 9.89. The summed E-state index contributed by atoms with van der Waals surface area (Å²) in [5.41, 5.74) is 9.64. The lowest BCUT2D eigenvalue weighted by Gasteiger charge is -2.29. The van der Waals surface area contributed by atoms with Crippen LogP contribution in [0.4, 0.5) is 11.6 Å². The van der Waals surface area contributed by atoms with Crippen molar-refractivity contribution in [1.82, 2.24) is 14.9 Å². The van der Waals surface area contributed by atoms with Crippen LogP contribution in [-0.2, 0) is 10.0 Å². The Balaban J connectivity index is 1.55. The van der Waals surface area contributed by atoms with Crippen LogP contribution in [0.2, 0.25) is 5.02 Å². The van der Waals surface area contributed by atoms with Crippen molar-refractivity contribution >= 4 is 33.3 Å². The number of aromatic nitrogens is 2. The van der Waals surface area contributed by atoms with Gasteiger partial charge in [0.1, 0.15) is 5.75 Å². The van der Waals surface area contributed by atoms with E-state index in [0.717, 1.165) is 42.6 Å². The molecule has 0 spiro atoms. The van der Waals surface area contributed by atoms with Crippen molar-refractivity contribution in [3.8, 4) is 22.9 Å². The second kappa shape index (κ2) is 12.1. The van der Waals surface area contributed by atoms with Gasteiger partial charge in [-0.15, -0.1) is 0 Å². The van der Waals surface area contributed by atoms with Gasteiger partial charge in [-0.3, -0.25) is 0 Å². The molecule has 0 saturated carbocycles. The minimum absolute atomic E-state index is 0.00502. The zero-order chi connectivity index (χ0) is 29.1. The molecule has 1 saturated heterocycles. The number of piperidine rings is 1. The minimum Gasteiger partial charge on any atom is -0.437 e. The summed E-state index contributed by atoms with van der Waals surface area (Å²) in [6, 6.07) is 21.4. The quantitative estimate of drug-likeness (QED) is 0.214. The number of anilines is 2. The first kappa shape index (κ1) is 28.9. The van der Waals surface area contributed by atoms with Crippen molar-refractivity contribution < 1.29 is 13.2 Å². The van der Waals surface area contributed by atoms with Crippen LogP contribution in [0.5, 0.6) is 11.6 Å². The zero-order valence-electron chi connectivity index (χ0n) is 23.3. The van der Waals surface area contributed by atoms with E-state index in [9.17, 15) is 8.42 Å². The van der Waals surface area contributed by atoms with Crippen molar-refractivity contribution in [2.45, 2.75) is 43.4 Å². The van der Waals surface area contributed by atoms with Gasteiger partial charge in [0.2, 0.25) is 11.8 Å². The smallest absolute Gasteiger partial charge is 0.264 e. The zero-order valence-corrected chi connectivity index (χ0v) is 24.9. The molecule has 4 aromatic rings. The third kappa shape index (κ3) is 6.64. The Morgan fingerprint density at radius 1 is 1.00 bits per heavy atom. The number of nitrogens with zero attached hydrogens (tertiary/aromatic N) is 3. The lowest BCUT2D eigenvalue weighted by Crippen LogP contribution is -2.29. The summed E-state index contributed by atoms with van der Waals surface area (Å²) >= 11 is 6.89. The number of nitrogens with two attached hydrogens (primary N) is 1. The molecule has 3 N–H and O–H groups in total. The average molecular weight is 592 g/mol. The van der Waals surface area contributed by atoms with Gasteiger partial charge in [-0.1, -0.05) is 67.9 Å². The molecule has 0 radical (unpaired) electrons. The predicted octanol–water partition coefficient (Wildman–Crippen LogP) is 6.90. The van der Waals surface area contributed by atoms with Crippen LogP contribution >= 0.6 is 11.6 Å². The molecular weight excluding hydrogens is 558 g/mol. The fraction of sp³-hybridized carbons (Fsp3) is 0.290. The highest BCUT2D eigenvalue weighted by molar-refractivity contribution is 7.92. The number of benzene rings is 3. The number of hydrogen-bond acceptors (Lipinski definition) is 7. The summed E-state index contributed by atoms with van der Waals surface area (Å²) in [5, 5.41) is 0.534. The maximum absolute atomic E-state index is 13.2. The average Bonchev–Trinajstić information content (AvgIpc) is 2.94. The third-order valence-electron chi connectivity index (χ3n) is 7.32. The van der Waals surface area contributed by atoms with E-state index in [1.807, 2.05) is 36.4 Å². The Labute approximate surface area is 246 Å². The summed E-state index contributed by atoms with van der Waals surface area (Å²) in [6.45, 7) is 6.20. The van der Waals surface area contributed by atoms with Crippen molar-refractivity contribution in [2.24, 2.45) is 0 Å². The van der Waals surface area contributed by atoms with E-state index in [1.165, 1.54) is 12.1 Å². The van der Waals surface area contributed by atoms with Crippen molar-refractivity contribution in [2.75, 3.05) is 30.6 Å². The number of nitrogen functional groups attached to an aromatic ring is 1. The third-order valence-corrected chi connectivity index (χ3v) is 9.05. The second-order valence-electron chi connectivity index (χ2n) is 10.7. The van der Waals surface area contributed by atoms with Crippen molar-refractivity contribution in [3.63, 3.8) is 0 Å². The largest absolute Gasteiger partial charge is 0.437 e. The van der Waals surface area contributed by atoms with Gasteiger partial charge in [-0.05, 0) is 80.2 Å². The minimum atomic E-state index is -4.03. The number of halogens is 1. The fourth-order valence-corrected chi connectivity index (χ4v) is 6.43. The van der Waals surface area contributed by atoms with Gasteiger partial charge in [0.15, 0.2) is 0 Å². The molecule has 0 unspecified atom stereocenters. The van der Waals surface area contributed by atoms with Crippen LogP contribution in [0, 0.1) is 0 Å². The summed E-state index contributed by atoms with van der Waals surface area (Å²) in [7, 11) is -1.90. The van der Waals surface area contributed by atoms with E-state index >= 15 is 0 Å². The summed E-state index contributed by atoms with van der Waals surface area (Å²) < 4.78 is 35.2.